The molecule has 0 saturated carbocycles. The number of methoxy groups -OCH3 is 1. The maximum absolute atomic E-state index is 11.7. The lowest BCUT2D eigenvalue weighted by molar-refractivity contribution is -0.115. The van der Waals surface area contributed by atoms with Gasteiger partial charge in [0.25, 0.3) is 0 Å². The van der Waals surface area contributed by atoms with Gasteiger partial charge in [0.15, 0.2) is 9.84 Å². The van der Waals surface area contributed by atoms with Gasteiger partial charge in [0.05, 0.1) is 17.7 Å². The quantitative estimate of drug-likeness (QED) is 0.696. The Kier molecular flexibility index (Phi) is 3.38. The topological polar surface area (TPSA) is 112 Å². The predicted octanol–water partition coefficient (Wildman–Crippen LogP) is -0.464. The van der Waals surface area contributed by atoms with Crippen molar-refractivity contribution in [3.05, 3.63) is 18.2 Å². The van der Waals surface area contributed by atoms with Gasteiger partial charge in [-0.15, -0.1) is 0 Å². The summed E-state index contributed by atoms with van der Waals surface area (Å²) in [6.07, 6.45) is 0. The number of rotatable bonds is 4. The van der Waals surface area contributed by atoms with Crippen LogP contribution in [0.3, 0.4) is 0 Å². The number of hydrogen-bond donors (Lipinski definition) is 2. The molecule has 0 bridgehead atoms. The van der Waals surface area contributed by atoms with Crippen LogP contribution in [0.15, 0.2) is 23.1 Å². The molecular formula is C9H12N2O4S. The summed E-state index contributed by atoms with van der Waals surface area (Å²) < 4.78 is 28.3. The van der Waals surface area contributed by atoms with E-state index in [1.165, 1.54) is 25.3 Å². The monoisotopic (exact) mass is 244 g/mol. The van der Waals surface area contributed by atoms with Crippen LogP contribution in [0.5, 0.6) is 5.75 Å². The van der Waals surface area contributed by atoms with E-state index in [1.54, 1.807) is 0 Å². The molecule has 0 fully saturated rings. The van der Waals surface area contributed by atoms with Crippen LogP contribution in [-0.2, 0) is 14.6 Å². The molecule has 0 saturated heterocycles. The lowest BCUT2D eigenvalue weighted by Crippen LogP contribution is -2.23. The Morgan fingerprint density at radius 3 is 2.56 bits per heavy atom. The Bertz CT molecular complexity index is 510. The Morgan fingerprint density at radius 2 is 2.06 bits per heavy atom. The van der Waals surface area contributed by atoms with Crippen molar-refractivity contribution < 1.29 is 17.9 Å². The van der Waals surface area contributed by atoms with Gasteiger partial charge < -0.3 is 16.2 Å². The number of carbonyl (C=O) groups excluding carboxylic acids is 1. The number of carbonyl (C=O) groups is 1. The van der Waals surface area contributed by atoms with Crippen LogP contribution in [0.25, 0.3) is 0 Å². The molecule has 0 atom stereocenters. The number of nitrogens with two attached hydrogens (primary N) is 2. The Morgan fingerprint density at radius 1 is 1.44 bits per heavy atom. The van der Waals surface area contributed by atoms with Crippen LogP contribution in [-0.4, -0.2) is 27.2 Å². The largest absolute Gasteiger partial charge is 0.497 e. The first kappa shape index (κ1) is 12.3. The molecule has 0 heterocycles. The normalized spacial score (nSPS) is 11.1. The number of ether oxygens (including phenoxy) is 1. The fourth-order valence-electron chi connectivity index (χ4n) is 1.18. The van der Waals surface area contributed by atoms with Crippen molar-refractivity contribution in [2.45, 2.75) is 4.90 Å². The highest BCUT2D eigenvalue weighted by Gasteiger charge is 2.21. The molecule has 0 radical (unpaired) electrons. The second-order valence-corrected chi connectivity index (χ2v) is 5.09. The highest BCUT2D eigenvalue weighted by atomic mass is 32.2. The third-order valence-electron chi connectivity index (χ3n) is 1.89. The van der Waals surface area contributed by atoms with Crippen LogP contribution >= 0.6 is 0 Å². The van der Waals surface area contributed by atoms with Crippen molar-refractivity contribution in [3.8, 4) is 5.75 Å². The lowest BCUT2D eigenvalue weighted by atomic mass is 10.3. The molecule has 1 aromatic rings. The highest BCUT2D eigenvalue weighted by molar-refractivity contribution is 7.92. The fraction of sp³-hybridized carbons (Fsp3) is 0.222. The molecule has 1 aromatic carbocycles. The third-order valence-corrected chi connectivity index (χ3v) is 3.58. The molecule has 0 spiro atoms. The average molecular weight is 244 g/mol. The van der Waals surface area contributed by atoms with Crippen molar-refractivity contribution in [1.82, 2.24) is 0 Å². The number of anilines is 1. The molecule has 16 heavy (non-hydrogen) atoms. The van der Waals surface area contributed by atoms with E-state index in [9.17, 15) is 13.2 Å². The SMILES string of the molecule is COc1ccc(N)c(S(=O)(=O)CC(N)=O)c1. The summed E-state index contributed by atoms with van der Waals surface area (Å²) in [7, 11) is -2.40. The molecule has 1 rings (SSSR count). The number of hydrogen-bond acceptors (Lipinski definition) is 5. The zero-order valence-electron chi connectivity index (χ0n) is 8.64. The van der Waals surface area contributed by atoms with E-state index in [0.717, 1.165) is 0 Å². The van der Waals surface area contributed by atoms with E-state index >= 15 is 0 Å². The maximum atomic E-state index is 11.7. The molecular weight excluding hydrogens is 232 g/mol. The van der Waals surface area contributed by atoms with E-state index < -0.39 is 21.5 Å². The van der Waals surface area contributed by atoms with E-state index in [0.29, 0.717) is 5.75 Å². The van der Waals surface area contributed by atoms with Crippen molar-refractivity contribution in [2.24, 2.45) is 5.73 Å². The van der Waals surface area contributed by atoms with Crippen molar-refractivity contribution in [1.29, 1.82) is 0 Å². The predicted molar refractivity (Wildman–Crippen MR) is 58.7 cm³/mol. The minimum Gasteiger partial charge on any atom is -0.497 e. The van der Waals surface area contributed by atoms with Gasteiger partial charge in [-0.25, -0.2) is 8.42 Å². The van der Waals surface area contributed by atoms with Crippen molar-refractivity contribution in [3.63, 3.8) is 0 Å². The van der Waals surface area contributed by atoms with Gasteiger partial charge in [-0.1, -0.05) is 0 Å². The first-order valence-electron chi connectivity index (χ1n) is 4.31. The van der Waals surface area contributed by atoms with Gasteiger partial charge in [-0.3, -0.25) is 4.79 Å². The van der Waals surface area contributed by atoms with Gasteiger partial charge in [0.2, 0.25) is 5.91 Å². The van der Waals surface area contributed by atoms with Crippen LogP contribution < -0.4 is 16.2 Å². The highest BCUT2D eigenvalue weighted by Crippen LogP contribution is 2.24. The molecule has 1 amide bonds. The molecule has 6 nitrogen and oxygen atoms in total. The zero-order valence-corrected chi connectivity index (χ0v) is 9.45. The van der Waals surface area contributed by atoms with Crippen LogP contribution in [0.2, 0.25) is 0 Å². The molecule has 0 aliphatic carbocycles. The second kappa shape index (κ2) is 4.40. The Hall–Kier alpha value is -1.76. The minimum absolute atomic E-state index is 0.0575. The van der Waals surface area contributed by atoms with Gasteiger partial charge in [-0.05, 0) is 12.1 Å². The Balaban J connectivity index is 3.26. The van der Waals surface area contributed by atoms with E-state index in [-0.39, 0.29) is 10.6 Å². The summed E-state index contributed by atoms with van der Waals surface area (Å²) in [6.45, 7) is 0. The number of sulfone groups is 1. The van der Waals surface area contributed by atoms with E-state index in [1.807, 2.05) is 0 Å². The second-order valence-electron chi connectivity index (χ2n) is 3.13. The number of amides is 1. The summed E-state index contributed by atoms with van der Waals surface area (Å²) >= 11 is 0. The summed E-state index contributed by atoms with van der Waals surface area (Å²) in [6, 6.07) is 4.18. The van der Waals surface area contributed by atoms with Gasteiger partial charge >= 0.3 is 0 Å². The van der Waals surface area contributed by atoms with Crippen molar-refractivity contribution in [2.75, 3.05) is 18.6 Å². The van der Waals surface area contributed by atoms with E-state index in [4.69, 9.17) is 16.2 Å². The molecule has 88 valence electrons. The molecule has 0 unspecified atom stereocenters. The van der Waals surface area contributed by atoms with Gasteiger partial charge in [0.1, 0.15) is 11.5 Å². The molecule has 0 aromatic heterocycles. The first-order valence-corrected chi connectivity index (χ1v) is 5.96. The molecule has 7 heteroatoms. The number of nitrogen functional groups attached to an aromatic ring is 1. The van der Waals surface area contributed by atoms with Gasteiger partial charge in [0, 0.05) is 6.07 Å². The summed E-state index contributed by atoms with van der Waals surface area (Å²) in [5, 5.41) is 0. The minimum atomic E-state index is -3.80. The maximum Gasteiger partial charge on any atom is 0.233 e. The number of benzene rings is 1. The van der Waals surface area contributed by atoms with E-state index in [2.05, 4.69) is 0 Å². The number of primary amides is 1. The average Bonchev–Trinajstić information content (AvgIpc) is 2.16. The molecule has 4 N–H and O–H groups in total. The van der Waals surface area contributed by atoms with Crippen LogP contribution in [0.1, 0.15) is 0 Å². The zero-order chi connectivity index (χ0) is 12.3. The van der Waals surface area contributed by atoms with Crippen LogP contribution in [0.4, 0.5) is 5.69 Å². The third kappa shape index (κ3) is 2.63. The Labute approximate surface area is 93.1 Å². The van der Waals surface area contributed by atoms with Crippen molar-refractivity contribution >= 4 is 21.4 Å². The smallest absolute Gasteiger partial charge is 0.233 e. The summed E-state index contributed by atoms with van der Waals surface area (Å²) in [5.74, 6) is -1.36. The lowest BCUT2D eigenvalue weighted by Gasteiger charge is -2.07. The molecule has 0 aliphatic heterocycles. The molecule has 0 aliphatic rings. The summed E-state index contributed by atoms with van der Waals surface area (Å²) in [5.41, 5.74) is 10.4. The first-order chi connectivity index (χ1) is 7.36. The van der Waals surface area contributed by atoms with Crippen LogP contribution in [0, 0.1) is 0 Å². The standard InChI is InChI=1S/C9H12N2O4S/c1-15-6-2-3-7(10)8(4-6)16(13,14)5-9(11)12/h2-4H,5,10H2,1H3,(H2,11,12). The summed E-state index contributed by atoms with van der Waals surface area (Å²) in [4.78, 5) is 10.5. The fourth-order valence-corrected chi connectivity index (χ4v) is 2.43. The van der Waals surface area contributed by atoms with Gasteiger partial charge in [-0.2, -0.15) is 0 Å².